The predicted molar refractivity (Wildman–Crippen MR) is 52.3 cm³/mol. The molecule has 1 aliphatic carbocycles. The molecule has 0 unspecified atom stereocenters. The first kappa shape index (κ1) is 10.0. The third kappa shape index (κ3) is 2.01. The maximum absolute atomic E-state index is 5.37. The van der Waals surface area contributed by atoms with Crippen molar-refractivity contribution in [3.8, 4) is 0 Å². The standard InChI is InChI=1S/C11H22O/c1-4-11(5-2)8-6-10(12-3)7-9-11/h10H,4-9H2,1-3H3. The first-order chi connectivity index (χ1) is 5.76. The van der Waals surface area contributed by atoms with Gasteiger partial charge in [0.25, 0.3) is 0 Å². The molecule has 1 saturated carbocycles. The van der Waals surface area contributed by atoms with Gasteiger partial charge in [-0.2, -0.15) is 0 Å². The van der Waals surface area contributed by atoms with Crippen LogP contribution in [0.4, 0.5) is 0 Å². The highest BCUT2D eigenvalue weighted by atomic mass is 16.5. The summed E-state index contributed by atoms with van der Waals surface area (Å²) in [7, 11) is 1.84. The SMILES string of the molecule is CCC1(CC)CCC(OC)CC1. The van der Waals surface area contributed by atoms with Gasteiger partial charge >= 0.3 is 0 Å². The fourth-order valence-corrected chi connectivity index (χ4v) is 2.40. The van der Waals surface area contributed by atoms with Crippen molar-refractivity contribution in [2.45, 2.75) is 58.5 Å². The Hall–Kier alpha value is -0.0400. The van der Waals surface area contributed by atoms with Crippen molar-refractivity contribution in [2.75, 3.05) is 7.11 Å². The van der Waals surface area contributed by atoms with Crippen molar-refractivity contribution in [3.05, 3.63) is 0 Å². The van der Waals surface area contributed by atoms with E-state index in [4.69, 9.17) is 4.74 Å². The van der Waals surface area contributed by atoms with Gasteiger partial charge in [-0.05, 0) is 31.1 Å². The van der Waals surface area contributed by atoms with Crippen molar-refractivity contribution in [1.82, 2.24) is 0 Å². The minimum atomic E-state index is 0.552. The van der Waals surface area contributed by atoms with Gasteiger partial charge in [0.1, 0.15) is 0 Å². The van der Waals surface area contributed by atoms with Gasteiger partial charge in [-0.15, -0.1) is 0 Å². The lowest BCUT2D eigenvalue weighted by Crippen LogP contribution is -2.29. The van der Waals surface area contributed by atoms with Crippen LogP contribution in [-0.2, 0) is 4.74 Å². The Morgan fingerprint density at radius 1 is 1.17 bits per heavy atom. The van der Waals surface area contributed by atoms with Crippen molar-refractivity contribution in [1.29, 1.82) is 0 Å². The maximum Gasteiger partial charge on any atom is 0.0571 e. The summed E-state index contributed by atoms with van der Waals surface area (Å²) in [5.41, 5.74) is 0.662. The molecule has 72 valence electrons. The second kappa shape index (κ2) is 4.27. The Morgan fingerprint density at radius 2 is 1.67 bits per heavy atom. The van der Waals surface area contributed by atoms with Crippen molar-refractivity contribution >= 4 is 0 Å². The van der Waals surface area contributed by atoms with E-state index in [2.05, 4.69) is 13.8 Å². The molecule has 0 radical (unpaired) electrons. The predicted octanol–water partition coefficient (Wildman–Crippen LogP) is 3.38. The molecule has 1 fully saturated rings. The molecule has 0 aromatic rings. The van der Waals surface area contributed by atoms with Crippen LogP contribution in [-0.4, -0.2) is 13.2 Å². The molecule has 1 rings (SSSR count). The first-order valence-electron chi connectivity index (χ1n) is 5.29. The fourth-order valence-electron chi connectivity index (χ4n) is 2.40. The van der Waals surface area contributed by atoms with E-state index in [0.29, 0.717) is 11.5 Å². The molecule has 0 aromatic carbocycles. The molecule has 1 heteroatoms. The lowest BCUT2D eigenvalue weighted by Gasteiger charge is -2.38. The van der Waals surface area contributed by atoms with Crippen molar-refractivity contribution < 1.29 is 4.74 Å². The minimum absolute atomic E-state index is 0.552. The topological polar surface area (TPSA) is 9.23 Å². The number of rotatable bonds is 3. The van der Waals surface area contributed by atoms with Gasteiger partial charge in [0.2, 0.25) is 0 Å². The minimum Gasteiger partial charge on any atom is -0.381 e. The average Bonchev–Trinajstić information content (AvgIpc) is 2.18. The highest BCUT2D eigenvalue weighted by Crippen LogP contribution is 2.42. The van der Waals surface area contributed by atoms with Crippen LogP contribution in [0.3, 0.4) is 0 Å². The molecule has 0 N–H and O–H groups in total. The summed E-state index contributed by atoms with van der Waals surface area (Å²) >= 11 is 0. The molecule has 0 aliphatic heterocycles. The molecule has 1 aliphatic rings. The molecule has 1 nitrogen and oxygen atoms in total. The van der Waals surface area contributed by atoms with Crippen LogP contribution in [0.1, 0.15) is 52.4 Å². The van der Waals surface area contributed by atoms with E-state index in [0.717, 1.165) is 0 Å². The largest absolute Gasteiger partial charge is 0.381 e. The normalized spacial score (nSPS) is 24.2. The van der Waals surface area contributed by atoms with Gasteiger partial charge in [-0.1, -0.05) is 26.7 Å². The van der Waals surface area contributed by atoms with E-state index in [-0.39, 0.29) is 0 Å². The summed E-state index contributed by atoms with van der Waals surface area (Å²) in [5, 5.41) is 0. The number of methoxy groups -OCH3 is 1. The molecule has 0 heterocycles. The molecule has 0 atom stereocenters. The summed E-state index contributed by atoms with van der Waals surface area (Å²) in [6.07, 6.45) is 8.55. The zero-order chi connectivity index (χ0) is 9.03. The van der Waals surface area contributed by atoms with Gasteiger partial charge in [-0.25, -0.2) is 0 Å². The quantitative estimate of drug-likeness (QED) is 0.631. The molecule has 0 bridgehead atoms. The van der Waals surface area contributed by atoms with Gasteiger partial charge < -0.3 is 4.74 Å². The lowest BCUT2D eigenvalue weighted by molar-refractivity contribution is 0.0233. The van der Waals surface area contributed by atoms with E-state index >= 15 is 0 Å². The molecule has 0 aromatic heterocycles. The Kier molecular flexibility index (Phi) is 3.57. The molecule has 0 spiro atoms. The highest BCUT2D eigenvalue weighted by molar-refractivity contribution is 4.83. The second-order valence-electron chi connectivity index (χ2n) is 4.14. The van der Waals surface area contributed by atoms with E-state index in [1.807, 2.05) is 7.11 Å². The number of hydrogen-bond acceptors (Lipinski definition) is 1. The number of ether oxygens (including phenoxy) is 1. The van der Waals surface area contributed by atoms with E-state index in [1.165, 1.54) is 38.5 Å². The fraction of sp³-hybridized carbons (Fsp3) is 1.00. The van der Waals surface area contributed by atoms with Crippen LogP contribution < -0.4 is 0 Å². The summed E-state index contributed by atoms with van der Waals surface area (Å²) in [6, 6.07) is 0. The smallest absolute Gasteiger partial charge is 0.0571 e. The number of hydrogen-bond donors (Lipinski definition) is 0. The molecule has 0 amide bonds. The molecule has 12 heavy (non-hydrogen) atoms. The lowest BCUT2D eigenvalue weighted by atomic mass is 9.70. The monoisotopic (exact) mass is 170 g/mol. The van der Waals surface area contributed by atoms with Crippen LogP contribution in [0.15, 0.2) is 0 Å². The summed E-state index contributed by atoms with van der Waals surface area (Å²) < 4.78 is 5.37. The second-order valence-corrected chi connectivity index (χ2v) is 4.14. The zero-order valence-corrected chi connectivity index (χ0v) is 8.73. The van der Waals surface area contributed by atoms with Gasteiger partial charge in [-0.3, -0.25) is 0 Å². The van der Waals surface area contributed by atoms with Crippen LogP contribution >= 0.6 is 0 Å². The summed E-state index contributed by atoms with van der Waals surface area (Å²) in [5.74, 6) is 0. The van der Waals surface area contributed by atoms with Crippen LogP contribution in [0.2, 0.25) is 0 Å². The van der Waals surface area contributed by atoms with E-state index in [9.17, 15) is 0 Å². The first-order valence-corrected chi connectivity index (χ1v) is 5.29. The van der Waals surface area contributed by atoms with Gasteiger partial charge in [0, 0.05) is 7.11 Å². The van der Waals surface area contributed by atoms with Crippen LogP contribution in [0.25, 0.3) is 0 Å². The summed E-state index contributed by atoms with van der Waals surface area (Å²) in [6.45, 7) is 4.66. The van der Waals surface area contributed by atoms with Gasteiger partial charge in [0.05, 0.1) is 6.10 Å². The van der Waals surface area contributed by atoms with E-state index < -0.39 is 0 Å². The van der Waals surface area contributed by atoms with Crippen molar-refractivity contribution in [2.24, 2.45) is 5.41 Å². The Bertz CT molecular complexity index is 117. The van der Waals surface area contributed by atoms with Crippen LogP contribution in [0, 0.1) is 5.41 Å². The molecular formula is C11H22O. The Morgan fingerprint density at radius 3 is 2.00 bits per heavy atom. The van der Waals surface area contributed by atoms with Crippen LogP contribution in [0.5, 0.6) is 0 Å². The van der Waals surface area contributed by atoms with Gasteiger partial charge in [0.15, 0.2) is 0 Å². The summed E-state index contributed by atoms with van der Waals surface area (Å²) in [4.78, 5) is 0. The average molecular weight is 170 g/mol. The third-order valence-electron chi connectivity index (χ3n) is 3.83. The highest BCUT2D eigenvalue weighted by Gasteiger charge is 2.31. The third-order valence-corrected chi connectivity index (χ3v) is 3.83. The Labute approximate surface area is 76.5 Å². The molecular weight excluding hydrogens is 148 g/mol. The van der Waals surface area contributed by atoms with E-state index in [1.54, 1.807) is 0 Å². The van der Waals surface area contributed by atoms with Crippen molar-refractivity contribution in [3.63, 3.8) is 0 Å². The Balaban J connectivity index is 2.42. The zero-order valence-electron chi connectivity index (χ0n) is 8.73. The maximum atomic E-state index is 5.37. The molecule has 0 saturated heterocycles.